The van der Waals surface area contributed by atoms with Crippen molar-refractivity contribution >= 4 is 49.2 Å². The normalized spacial score (nSPS) is 14.9. The van der Waals surface area contributed by atoms with Crippen molar-refractivity contribution in [1.82, 2.24) is 9.13 Å². The van der Waals surface area contributed by atoms with Gasteiger partial charge in [0, 0.05) is 32.9 Å². The summed E-state index contributed by atoms with van der Waals surface area (Å²) >= 11 is 0. The Kier molecular flexibility index (Phi) is 6.24. The van der Waals surface area contributed by atoms with Gasteiger partial charge in [-0.05, 0) is 135 Å². The van der Waals surface area contributed by atoms with Crippen molar-refractivity contribution in [2.75, 3.05) is 0 Å². The molecule has 3 aliphatic carbocycles. The number of hydrogen-bond acceptors (Lipinski definition) is 0. The van der Waals surface area contributed by atoms with Gasteiger partial charge in [0.05, 0.1) is 27.5 Å². The quantitative estimate of drug-likeness (QED) is 0.172. The molecule has 13 rings (SSSR count). The van der Waals surface area contributed by atoms with Crippen molar-refractivity contribution in [3.8, 4) is 33.6 Å². The summed E-state index contributed by atoms with van der Waals surface area (Å²) in [6.45, 7) is 0. The first-order valence-corrected chi connectivity index (χ1v) is 20.2. The summed E-state index contributed by atoms with van der Waals surface area (Å²) in [5.41, 5.74) is 20.5. The van der Waals surface area contributed by atoms with E-state index in [-0.39, 0.29) is 5.41 Å². The summed E-state index contributed by atoms with van der Waals surface area (Å²) in [5.74, 6) is 0. The van der Waals surface area contributed by atoms with E-state index in [1.165, 1.54) is 111 Å². The van der Waals surface area contributed by atoms with Gasteiger partial charge in [-0.2, -0.15) is 0 Å². The molecule has 3 aliphatic rings. The second-order valence-corrected chi connectivity index (χ2v) is 15.9. The number of rotatable bonds is 3. The largest absolute Gasteiger partial charge is 0.309 e. The van der Waals surface area contributed by atoms with E-state index < -0.39 is 0 Å². The Morgan fingerprint density at radius 2 is 0.860 bits per heavy atom. The molecule has 57 heavy (non-hydrogen) atoms. The van der Waals surface area contributed by atoms with E-state index in [9.17, 15) is 0 Å². The topological polar surface area (TPSA) is 9.86 Å². The third-order valence-corrected chi connectivity index (χ3v) is 13.1. The van der Waals surface area contributed by atoms with Crippen molar-refractivity contribution < 1.29 is 0 Å². The molecule has 0 amide bonds. The van der Waals surface area contributed by atoms with Gasteiger partial charge in [0.1, 0.15) is 0 Å². The van der Waals surface area contributed by atoms with Crippen LogP contribution in [0.3, 0.4) is 0 Å². The zero-order chi connectivity index (χ0) is 37.2. The minimum atomic E-state index is -0.347. The first kappa shape index (κ1) is 31.1. The van der Waals surface area contributed by atoms with Crippen LogP contribution in [0.2, 0.25) is 0 Å². The Bertz CT molecular complexity index is 3340. The van der Waals surface area contributed by atoms with E-state index in [0.29, 0.717) is 0 Å². The van der Waals surface area contributed by atoms with Gasteiger partial charge in [0.15, 0.2) is 0 Å². The molecule has 8 aromatic carbocycles. The first-order chi connectivity index (χ1) is 28.3. The summed E-state index contributed by atoms with van der Waals surface area (Å²) in [4.78, 5) is 0. The Balaban J connectivity index is 1.09. The Labute approximate surface area is 330 Å². The van der Waals surface area contributed by atoms with Crippen molar-refractivity contribution in [3.05, 3.63) is 222 Å². The predicted octanol–water partition coefficient (Wildman–Crippen LogP) is 14.0. The van der Waals surface area contributed by atoms with Crippen LogP contribution in [0.1, 0.15) is 35.1 Å². The highest BCUT2D eigenvalue weighted by Crippen LogP contribution is 2.65. The molecule has 0 N–H and O–H groups in total. The van der Waals surface area contributed by atoms with Crippen LogP contribution in [0.15, 0.2) is 200 Å². The predicted molar refractivity (Wildman–Crippen MR) is 238 cm³/mol. The minimum absolute atomic E-state index is 0.347. The van der Waals surface area contributed by atoms with Gasteiger partial charge in [-0.25, -0.2) is 0 Å². The number of fused-ring (bicyclic) bond motifs is 16. The summed E-state index contributed by atoms with van der Waals surface area (Å²) in [7, 11) is 0. The second kappa shape index (κ2) is 11.4. The number of para-hydroxylation sites is 3. The summed E-state index contributed by atoms with van der Waals surface area (Å²) in [6, 6.07) is 67.9. The Morgan fingerprint density at radius 3 is 1.53 bits per heavy atom. The molecule has 0 unspecified atom stereocenters. The van der Waals surface area contributed by atoms with Crippen molar-refractivity contribution in [2.45, 2.75) is 18.3 Å². The molecule has 0 fully saturated rings. The maximum Gasteiger partial charge on any atom is 0.0723 e. The van der Waals surface area contributed by atoms with Gasteiger partial charge in [-0.15, -0.1) is 0 Å². The van der Waals surface area contributed by atoms with Gasteiger partial charge in [-0.3, -0.25) is 0 Å². The lowest BCUT2D eigenvalue weighted by atomic mass is 9.69. The molecule has 2 heteroatoms. The smallest absolute Gasteiger partial charge is 0.0723 e. The molecular formula is C55H36N2. The standard InChI is InChI=1S/C55H36N2/c1-3-15-37(16-4-1)56-51-26-14-10-22-42(51)44-31-35(27-29-52(44)56)36-28-30-53-45(32-36)46-33-43-41-21-9-13-25-49(41)55(50(43)34-54(46)57(53)38-17-5-2-6-18-38)47-23-11-7-19-39(47)40-20-8-12-24-48(40)55/h1-8,10-12,14-34H,9,13H2. The fraction of sp³-hybridized carbons (Fsp3) is 0.0545. The number of aromatic nitrogens is 2. The highest BCUT2D eigenvalue weighted by atomic mass is 15.0. The number of nitrogens with zero attached hydrogens (tertiary/aromatic N) is 2. The average Bonchev–Trinajstić information content (AvgIpc) is 3.98. The molecule has 0 saturated carbocycles. The monoisotopic (exact) mass is 724 g/mol. The molecule has 0 radical (unpaired) electrons. The molecule has 2 nitrogen and oxygen atoms in total. The van der Waals surface area contributed by atoms with Crippen LogP contribution in [0.5, 0.6) is 0 Å². The maximum atomic E-state index is 2.56. The first-order valence-electron chi connectivity index (χ1n) is 20.2. The van der Waals surface area contributed by atoms with Crippen LogP contribution in [-0.2, 0) is 5.41 Å². The lowest BCUT2D eigenvalue weighted by Gasteiger charge is -2.31. The maximum absolute atomic E-state index is 2.56. The fourth-order valence-electron chi connectivity index (χ4n) is 10.9. The van der Waals surface area contributed by atoms with Crippen LogP contribution in [-0.4, -0.2) is 9.13 Å². The molecule has 2 heterocycles. The molecule has 2 aromatic heterocycles. The highest BCUT2D eigenvalue weighted by Gasteiger charge is 2.53. The van der Waals surface area contributed by atoms with E-state index in [4.69, 9.17) is 0 Å². The van der Waals surface area contributed by atoms with Crippen LogP contribution in [0, 0.1) is 0 Å². The van der Waals surface area contributed by atoms with Crippen LogP contribution in [0.4, 0.5) is 0 Å². The lowest BCUT2D eigenvalue weighted by Crippen LogP contribution is -2.26. The second-order valence-electron chi connectivity index (χ2n) is 15.9. The molecular weight excluding hydrogens is 689 g/mol. The summed E-state index contributed by atoms with van der Waals surface area (Å²) < 4.78 is 4.89. The van der Waals surface area contributed by atoms with Crippen LogP contribution >= 0.6 is 0 Å². The Morgan fingerprint density at radius 1 is 0.351 bits per heavy atom. The van der Waals surface area contributed by atoms with E-state index in [1.807, 2.05) is 0 Å². The van der Waals surface area contributed by atoms with Crippen molar-refractivity contribution in [2.24, 2.45) is 0 Å². The number of hydrogen-bond donors (Lipinski definition) is 0. The highest BCUT2D eigenvalue weighted by molar-refractivity contribution is 6.15. The van der Waals surface area contributed by atoms with E-state index in [1.54, 1.807) is 0 Å². The summed E-state index contributed by atoms with van der Waals surface area (Å²) in [5, 5.41) is 5.10. The summed E-state index contributed by atoms with van der Waals surface area (Å²) in [6.07, 6.45) is 7.19. The minimum Gasteiger partial charge on any atom is -0.309 e. The zero-order valence-electron chi connectivity index (χ0n) is 31.3. The van der Waals surface area contributed by atoms with Gasteiger partial charge in [0.2, 0.25) is 0 Å². The number of allylic oxidation sites excluding steroid dienone is 4. The zero-order valence-corrected chi connectivity index (χ0v) is 31.3. The molecule has 0 bridgehead atoms. The number of benzene rings is 8. The average molecular weight is 725 g/mol. The SMILES string of the molecule is C1=C2C(=CCC1)C1(c3cc4c(cc32)c2cc(-c3ccc5c(c3)c3ccccc3n5-c3ccccc3)ccc2n4-c2ccccc2)c2ccccc2-c2ccccc21. The van der Waals surface area contributed by atoms with E-state index in [2.05, 4.69) is 203 Å². The third-order valence-electron chi connectivity index (χ3n) is 13.1. The third kappa shape index (κ3) is 4.04. The molecule has 10 aromatic rings. The fourth-order valence-corrected chi connectivity index (χ4v) is 10.9. The van der Waals surface area contributed by atoms with Gasteiger partial charge in [-0.1, -0.05) is 127 Å². The Hall–Kier alpha value is -7.16. The van der Waals surface area contributed by atoms with E-state index in [0.717, 1.165) is 12.8 Å². The van der Waals surface area contributed by atoms with Crippen LogP contribution < -0.4 is 0 Å². The van der Waals surface area contributed by atoms with Crippen LogP contribution in [0.25, 0.3) is 82.8 Å². The van der Waals surface area contributed by atoms with Gasteiger partial charge < -0.3 is 9.13 Å². The van der Waals surface area contributed by atoms with Crippen molar-refractivity contribution in [3.63, 3.8) is 0 Å². The molecule has 0 aliphatic heterocycles. The van der Waals surface area contributed by atoms with Gasteiger partial charge in [0.25, 0.3) is 0 Å². The van der Waals surface area contributed by atoms with Gasteiger partial charge >= 0.3 is 0 Å². The molecule has 266 valence electrons. The van der Waals surface area contributed by atoms with Crippen molar-refractivity contribution in [1.29, 1.82) is 0 Å². The van der Waals surface area contributed by atoms with E-state index >= 15 is 0 Å². The lowest BCUT2D eigenvalue weighted by molar-refractivity contribution is 0.783. The molecule has 0 saturated heterocycles. The molecule has 0 atom stereocenters. The molecule has 1 spiro atoms.